The van der Waals surface area contributed by atoms with E-state index < -0.39 is 0 Å². The van der Waals surface area contributed by atoms with Gasteiger partial charge in [-0.2, -0.15) is 5.26 Å². The van der Waals surface area contributed by atoms with Gasteiger partial charge in [0.15, 0.2) is 0 Å². The van der Waals surface area contributed by atoms with Crippen LogP contribution in [0.4, 0.5) is 5.69 Å². The minimum atomic E-state index is 0.521. The molecule has 0 aliphatic rings. The number of benzene rings is 1. The molecule has 19 heavy (non-hydrogen) atoms. The largest absolute Gasteiger partial charge is 0.378 e. The molecule has 0 aliphatic heterocycles. The number of rotatable bonds is 3. The topological polar surface area (TPSA) is 48.7 Å². The van der Waals surface area contributed by atoms with Crippen molar-refractivity contribution < 1.29 is 0 Å². The molecule has 1 N–H and O–H groups in total. The van der Waals surface area contributed by atoms with Crippen molar-refractivity contribution in [3.8, 4) is 6.07 Å². The van der Waals surface area contributed by atoms with Gasteiger partial charge in [-0.05, 0) is 56.1 Å². The summed E-state index contributed by atoms with van der Waals surface area (Å²) >= 11 is 12.9. The Balaban J connectivity index is 2.13. The van der Waals surface area contributed by atoms with E-state index in [1.54, 1.807) is 24.4 Å². The Kier molecular flexibility index (Phi) is 4.81. The highest BCUT2D eigenvalue weighted by Crippen LogP contribution is 2.25. The number of halogens is 3. The summed E-state index contributed by atoms with van der Waals surface area (Å²) in [5.41, 5.74) is 2.19. The maximum atomic E-state index is 8.77. The number of anilines is 1. The summed E-state index contributed by atoms with van der Waals surface area (Å²) in [6, 6.07) is 9.12. The molecule has 0 unspecified atom stereocenters. The summed E-state index contributed by atoms with van der Waals surface area (Å²) in [7, 11) is 0. The van der Waals surface area contributed by atoms with Gasteiger partial charge in [0.05, 0.1) is 34.6 Å². The van der Waals surface area contributed by atoms with Crippen molar-refractivity contribution in [2.24, 2.45) is 0 Å². The van der Waals surface area contributed by atoms with Gasteiger partial charge in [-0.3, -0.25) is 4.98 Å². The lowest BCUT2D eigenvalue weighted by Crippen LogP contribution is -2.03. The smallest absolute Gasteiger partial charge is 0.0992 e. The van der Waals surface area contributed by atoms with Crippen LogP contribution in [-0.4, -0.2) is 4.98 Å². The van der Waals surface area contributed by atoms with Crippen LogP contribution in [0.15, 0.2) is 39.4 Å². The van der Waals surface area contributed by atoms with Gasteiger partial charge in [0.1, 0.15) is 0 Å². The average Bonchev–Trinajstić information content (AvgIpc) is 2.39. The van der Waals surface area contributed by atoms with Crippen LogP contribution in [0.3, 0.4) is 0 Å². The van der Waals surface area contributed by atoms with Crippen LogP contribution < -0.4 is 5.32 Å². The quantitative estimate of drug-likeness (QED) is 0.808. The molecule has 2 rings (SSSR count). The van der Waals surface area contributed by atoms with Gasteiger partial charge in [-0.1, -0.05) is 11.6 Å². The second kappa shape index (κ2) is 6.38. The van der Waals surface area contributed by atoms with Gasteiger partial charge in [-0.15, -0.1) is 0 Å². The van der Waals surface area contributed by atoms with Crippen LogP contribution >= 0.6 is 43.5 Å². The Labute approximate surface area is 132 Å². The molecule has 3 nitrogen and oxygen atoms in total. The average molecular weight is 401 g/mol. The highest BCUT2D eigenvalue weighted by atomic mass is 79.9. The van der Waals surface area contributed by atoms with Crippen LogP contribution in [0.1, 0.15) is 11.3 Å². The Morgan fingerprint density at radius 2 is 2.11 bits per heavy atom. The van der Waals surface area contributed by atoms with Crippen molar-refractivity contribution in [2.45, 2.75) is 6.54 Å². The summed E-state index contributed by atoms with van der Waals surface area (Å²) in [5, 5.41) is 12.5. The maximum absolute atomic E-state index is 8.77. The summed E-state index contributed by atoms with van der Waals surface area (Å²) in [5.74, 6) is 0. The molecule has 0 atom stereocenters. The molecule has 6 heteroatoms. The summed E-state index contributed by atoms with van der Waals surface area (Å²) in [4.78, 5) is 4.30. The number of hydrogen-bond donors (Lipinski definition) is 1. The Bertz CT molecular complexity index is 653. The molecule has 0 bridgehead atoms. The second-order valence-corrected chi connectivity index (χ2v) is 5.92. The molecule has 1 aromatic heterocycles. The lowest BCUT2D eigenvalue weighted by molar-refractivity contribution is 1.03. The first-order chi connectivity index (χ1) is 9.10. The predicted molar refractivity (Wildman–Crippen MR) is 83.1 cm³/mol. The van der Waals surface area contributed by atoms with E-state index in [9.17, 15) is 0 Å². The molecular weight excluding hydrogens is 393 g/mol. The van der Waals surface area contributed by atoms with Crippen molar-refractivity contribution >= 4 is 49.1 Å². The summed E-state index contributed by atoms with van der Waals surface area (Å²) in [6.45, 7) is 0.541. The Morgan fingerprint density at radius 3 is 2.74 bits per heavy atom. The third-order valence-electron chi connectivity index (χ3n) is 2.43. The molecule has 0 saturated heterocycles. The van der Waals surface area contributed by atoms with Gasteiger partial charge in [0.25, 0.3) is 0 Å². The molecule has 0 aliphatic carbocycles. The normalized spacial score (nSPS) is 10.0. The predicted octanol–water partition coefficient (Wildman–Crippen LogP) is 4.74. The zero-order chi connectivity index (χ0) is 13.8. The number of nitriles is 1. The van der Waals surface area contributed by atoms with Gasteiger partial charge >= 0.3 is 0 Å². The van der Waals surface area contributed by atoms with E-state index in [2.05, 4.69) is 42.2 Å². The van der Waals surface area contributed by atoms with Crippen molar-refractivity contribution in [1.29, 1.82) is 5.26 Å². The van der Waals surface area contributed by atoms with Crippen LogP contribution in [0.25, 0.3) is 0 Å². The molecule has 2 aromatic rings. The maximum Gasteiger partial charge on any atom is 0.0992 e. The molecule has 1 heterocycles. The minimum Gasteiger partial charge on any atom is -0.378 e. The van der Waals surface area contributed by atoms with E-state index >= 15 is 0 Å². The van der Waals surface area contributed by atoms with E-state index in [1.165, 1.54) is 0 Å². The second-order valence-electron chi connectivity index (χ2n) is 3.74. The number of nitrogens with one attached hydrogen (secondary N) is 1. The zero-order valence-corrected chi connectivity index (χ0v) is 13.6. The molecular formula is C13H8Br2ClN3. The number of hydrogen-bond acceptors (Lipinski definition) is 3. The van der Waals surface area contributed by atoms with Crippen molar-refractivity contribution in [3.63, 3.8) is 0 Å². The van der Waals surface area contributed by atoms with Crippen LogP contribution in [-0.2, 0) is 6.54 Å². The highest BCUT2D eigenvalue weighted by molar-refractivity contribution is 9.11. The number of pyridine rings is 1. The van der Waals surface area contributed by atoms with E-state index in [0.717, 1.165) is 20.3 Å². The fourth-order valence-electron chi connectivity index (χ4n) is 1.48. The minimum absolute atomic E-state index is 0.521. The SMILES string of the molecule is N#Cc1ccc(NCc2ncc(Br)cc2Br)c(Cl)c1. The molecule has 0 fully saturated rings. The Hall–Kier alpha value is -1.09. The molecule has 0 amide bonds. The fraction of sp³-hybridized carbons (Fsp3) is 0.0769. The standard InChI is InChI=1S/C13H8Br2ClN3/c14-9-4-10(15)13(18-6-9)7-19-12-2-1-8(5-17)3-11(12)16/h1-4,6,19H,7H2. The highest BCUT2D eigenvalue weighted by Gasteiger charge is 2.05. The van der Waals surface area contributed by atoms with E-state index in [4.69, 9.17) is 16.9 Å². The lowest BCUT2D eigenvalue weighted by Gasteiger charge is -2.09. The lowest BCUT2D eigenvalue weighted by atomic mass is 10.2. The molecule has 1 aromatic carbocycles. The monoisotopic (exact) mass is 399 g/mol. The summed E-state index contributed by atoms with van der Waals surface area (Å²) in [6.07, 6.45) is 1.74. The Morgan fingerprint density at radius 1 is 1.32 bits per heavy atom. The third-order valence-corrected chi connectivity index (χ3v) is 3.86. The van der Waals surface area contributed by atoms with Crippen molar-refractivity contribution in [2.75, 3.05) is 5.32 Å². The van der Waals surface area contributed by atoms with Gasteiger partial charge in [0.2, 0.25) is 0 Å². The first-order valence-corrected chi connectivity index (χ1v) is 7.30. The molecule has 96 valence electrons. The number of aromatic nitrogens is 1. The van der Waals surface area contributed by atoms with Crippen LogP contribution in [0, 0.1) is 11.3 Å². The first kappa shape index (κ1) is 14.3. The van der Waals surface area contributed by atoms with Gasteiger partial charge in [-0.25, -0.2) is 0 Å². The first-order valence-electron chi connectivity index (χ1n) is 5.33. The number of nitrogens with zero attached hydrogens (tertiary/aromatic N) is 2. The molecule has 0 saturated carbocycles. The summed E-state index contributed by atoms with van der Waals surface area (Å²) < 4.78 is 1.83. The van der Waals surface area contributed by atoms with E-state index in [-0.39, 0.29) is 0 Å². The van der Waals surface area contributed by atoms with E-state index in [0.29, 0.717) is 17.1 Å². The van der Waals surface area contributed by atoms with Crippen molar-refractivity contribution in [3.05, 3.63) is 55.7 Å². The van der Waals surface area contributed by atoms with Gasteiger partial charge < -0.3 is 5.32 Å². The fourth-order valence-corrected chi connectivity index (χ4v) is 2.85. The van der Waals surface area contributed by atoms with Crippen molar-refractivity contribution in [1.82, 2.24) is 4.98 Å². The van der Waals surface area contributed by atoms with Gasteiger partial charge in [0, 0.05) is 15.1 Å². The van der Waals surface area contributed by atoms with E-state index in [1.807, 2.05) is 12.1 Å². The van der Waals surface area contributed by atoms with Crippen LogP contribution in [0.2, 0.25) is 5.02 Å². The third kappa shape index (κ3) is 3.69. The zero-order valence-electron chi connectivity index (χ0n) is 9.62. The molecule has 0 spiro atoms. The molecule has 0 radical (unpaired) electrons. The van der Waals surface area contributed by atoms with Crippen LogP contribution in [0.5, 0.6) is 0 Å².